The molecule has 6 heteroatoms. The van der Waals surface area contributed by atoms with Crippen molar-refractivity contribution in [2.24, 2.45) is 0 Å². The maximum absolute atomic E-state index is 10.0. The zero-order valence-corrected chi connectivity index (χ0v) is 7.91. The number of nitrogens with zero attached hydrogens (tertiary/aromatic N) is 2. The molecule has 1 aromatic carbocycles. The molecule has 2 aromatic rings. The van der Waals surface area contributed by atoms with Crippen molar-refractivity contribution in [3.8, 4) is 11.4 Å². The number of benzene rings is 1. The Kier molecular flexibility index (Phi) is 2.68. The van der Waals surface area contributed by atoms with Crippen molar-refractivity contribution in [2.75, 3.05) is 5.43 Å². The van der Waals surface area contributed by atoms with Crippen molar-refractivity contribution in [2.45, 2.75) is 0 Å². The Bertz CT molecular complexity index is 403. The van der Waals surface area contributed by atoms with Gasteiger partial charge in [0.1, 0.15) is 0 Å². The Balaban J connectivity index is 2.25. The topological polar surface area (TPSA) is 72.9 Å². The van der Waals surface area contributed by atoms with Crippen molar-refractivity contribution in [1.82, 2.24) is 14.9 Å². The smallest absolute Gasteiger partial charge is 0.216 e. The minimum Gasteiger partial charge on any atom is -0.770 e. The first-order valence-corrected chi connectivity index (χ1v) is 4.70. The van der Waals surface area contributed by atoms with E-state index in [0.717, 1.165) is 17.1 Å². The molecule has 2 N–H and O–H groups in total. The second kappa shape index (κ2) is 4.14. The van der Waals surface area contributed by atoms with Crippen molar-refractivity contribution >= 4 is 16.7 Å². The molecule has 14 heavy (non-hydrogen) atoms. The molecule has 1 heterocycles. The largest absolute Gasteiger partial charge is 0.770 e. The van der Waals surface area contributed by atoms with Gasteiger partial charge in [0, 0.05) is 17.1 Å². The molecule has 0 fully saturated rings. The van der Waals surface area contributed by atoms with Gasteiger partial charge in [-0.1, -0.05) is 30.3 Å². The van der Waals surface area contributed by atoms with E-state index in [1.54, 1.807) is 5.59 Å². The highest BCUT2D eigenvalue weighted by atomic mass is 32.1. The van der Waals surface area contributed by atoms with Gasteiger partial charge in [0.15, 0.2) is 5.82 Å². The molecule has 0 aliphatic heterocycles. The number of hydrogen-bond donors (Lipinski definition) is 2. The molecule has 72 valence electrons. The van der Waals surface area contributed by atoms with Crippen molar-refractivity contribution < 1.29 is 0 Å². The maximum Gasteiger partial charge on any atom is 0.216 e. The normalized spacial score (nSPS) is 10.1. The highest BCUT2D eigenvalue weighted by Gasteiger charge is 2.03. The Morgan fingerprint density at radius 3 is 2.71 bits per heavy atom. The van der Waals surface area contributed by atoms with Crippen LogP contribution in [0.2, 0.25) is 0 Å². The van der Waals surface area contributed by atoms with Crippen LogP contribution in [0.15, 0.2) is 30.3 Å². The third-order valence-electron chi connectivity index (χ3n) is 1.62. The summed E-state index contributed by atoms with van der Waals surface area (Å²) >= 11 is 1.13. The fourth-order valence-corrected chi connectivity index (χ4v) is 1.56. The summed E-state index contributed by atoms with van der Waals surface area (Å²) in [5.41, 5.74) is 4.83. The van der Waals surface area contributed by atoms with E-state index < -0.39 is 0 Å². The van der Waals surface area contributed by atoms with Gasteiger partial charge in [0.25, 0.3) is 0 Å². The molecule has 0 saturated carbocycles. The van der Waals surface area contributed by atoms with E-state index in [-0.39, 0.29) is 0 Å². The highest BCUT2D eigenvalue weighted by Crippen LogP contribution is 2.19. The summed E-state index contributed by atoms with van der Waals surface area (Å²) < 4.78 is 4.09. The first-order chi connectivity index (χ1) is 6.90. The van der Waals surface area contributed by atoms with Gasteiger partial charge >= 0.3 is 0 Å². The van der Waals surface area contributed by atoms with Gasteiger partial charge in [-0.3, -0.25) is 0 Å². The summed E-state index contributed by atoms with van der Waals surface area (Å²) in [4.78, 5) is 4.10. The minimum absolute atomic E-state index is 0.457. The van der Waals surface area contributed by atoms with E-state index >= 15 is 0 Å². The fourth-order valence-electron chi connectivity index (χ4n) is 1.02. The number of rotatable bonds is 3. The van der Waals surface area contributed by atoms with Gasteiger partial charge in [-0.25, -0.2) is 0 Å². The number of hydrogen-bond acceptors (Lipinski definition) is 6. The first-order valence-electron chi connectivity index (χ1n) is 3.92. The van der Waals surface area contributed by atoms with E-state index in [1.165, 1.54) is 0 Å². The van der Waals surface area contributed by atoms with E-state index in [9.17, 15) is 5.21 Å². The van der Waals surface area contributed by atoms with Crippen molar-refractivity contribution in [3.63, 3.8) is 0 Å². The lowest BCUT2D eigenvalue weighted by Gasteiger charge is -2.05. The number of anilines is 1. The van der Waals surface area contributed by atoms with Crippen LogP contribution in [-0.2, 0) is 0 Å². The van der Waals surface area contributed by atoms with Gasteiger partial charge < -0.3 is 16.2 Å². The Labute approximate surface area is 84.5 Å². The summed E-state index contributed by atoms with van der Waals surface area (Å²) in [6.07, 6.45) is 0. The van der Waals surface area contributed by atoms with Crippen LogP contribution >= 0.6 is 11.5 Å². The molecular formula is C8H7N4OS-. The van der Waals surface area contributed by atoms with Crippen LogP contribution in [0.3, 0.4) is 0 Å². The summed E-state index contributed by atoms with van der Waals surface area (Å²) in [6.45, 7) is 0. The lowest BCUT2D eigenvalue weighted by atomic mass is 10.2. The highest BCUT2D eigenvalue weighted by molar-refractivity contribution is 7.09. The Morgan fingerprint density at radius 1 is 1.21 bits per heavy atom. The second-order valence-corrected chi connectivity index (χ2v) is 3.27. The number of nitrogens with one attached hydrogen (secondary N) is 2. The van der Waals surface area contributed by atoms with Gasteiger partial charge in [0.05, 0.1) is 0 Å². The summed E-state index contributed by atoms with van der Waals surface area (Å²) in [6, 6.07) is 9.58. The standard InChI is InChI=1S/C8H7N4OS/c13-12-10-8-9-7(11-14-8)6-4-2-1-3-5-6/h1-5,12H,(H,9,10,11)/q-1. The van der Waals surface area contributed by atoms with Crippen LogP contribution < -0.4 is 11.0 Å². The van der Waals surface area contributed by atoms with E-state index in [4.69, 9.17) is 0 Å². The van der Waals surface area contributed by atoms with Crippen molar-refractivity contribution in [3.05, 3.63) is 35.5 Å². The lowest BCUT2D eigenvalue weighted by Crippen LogP contribution is -2.12. The average molecular weight is 207 g/mol. The van der Waals surface area contributed by atoms with Crippen LogP contribution in [0.5, 0.6) is 0 Å². The summed E-state index contributed by atoms with van der Waals surface area (Å²) in [7, 11) is 0. The zero-order chi connectivity index (χ0) is 9.80. The Hall–Kier alpha value is -1.50. The average Bonchev–Trinajstić information content (AvgIpc) is 2.68. The maximum atomic E-state index is 10.0. The molecule has 0 aliphatic carbocycles. The molecule has 0 unspecified atom stereocenters. The van der Waals surface area contributed by atoms with Gasteiger partial charge in [-0.05, 0) is 0 Å². The number of hydrazine groups is 1. The second-order valence-electron chi connectivity index (χ2n) is 2.52. The third-order valence-corrected chi connectivity index (χ3v) is 2.25. The van der Waals surface area contributed by atoms with Gasteiger partial charge in [0.2, 0.25) is 5.13 Å². The van der Waals surface area contributed by atoms with Crippen LogP contribution in [-0.4, -0.2) is 9.36 Å². The van der Waals surface area contributed by atoms with E-state index in [1.807, 2.05) is 30.3 Å². The van der Waals surface area contributed by atoms with Crippen LogP contribution in [0.4, 0.5) is 5.13 Å². The number of aromatic nitrogens is 2. The molecule has 0 bridgehead atoms. The van der Waals surface area contributed by atoms with Crippen LogP contribution in [0, 0.1) is 5.21 Å². The van der Waals surface area contributed by atoms with Crippen LogP contribution in [0.25, 0.3) is 11.4 Å². The molecule has 0 radical (unpaired) electrons. The van der Waals surface area contributed by atoms with Gasteiger partial charge in [-0.15, -0.1) is 0 Å². The molecular weight excluding hydrogens is 200 g/mol. The molecule has 0 spiro atoms. The molecule has 0 atom stereocenters. The predicted octanol–water partition coefficient (Wildman–Crippen LogP) is 1.62. The molecule has 0 amide bonds. The predicted molar refractivity (Wildman–Crippen MR) is 55.5 cm³/mol. The quantitative estimate of drug-likeness (QED) is 0.748. The molecule has 2 rings (SSSR count). The molecule has 5 nitrogen and oxygen atoms in total. The Morgan fingerprint density at radius 2 is 2.00 bits per heavy atom. The van der Waals surface area contributed by atoms with E-state index in [0.29, 0.717) is 11.0 Å². The molecule has 0 saturated heterocycles. The molecule has 0 aliphatic rings. The monoisotopic (exact) mass is 207 g/mol. The first kappa shape index (κ1) is 9.07. The SMILES string of the molecule is [O-]NNc1nc(-c2ccccc2)ns1. The lowest BCUT2D eigenvalue weighted by molar-refractivity contribution is 1.06. The third kappa shape index (κ3) is 1.87. The summed E-state index contributed by atoms with van der Waals surface area (Å²) in [5, 5.41) is 10.5. The summed E-state index contributed by atoms with van der Waals surface area (Å²) in [5.74, 6) is 0.619. The van der Waals surface area contributed by atoms with Gasteiger partial charge in [-0.2, -0.15) is 9.36 Å². The van der Waals surface area contributed by atoms with Crippen LogP contribution in [0.1, 0.15) is 0 Å². The van der Waals surface area contributed by atoms with Crippen molar-refractivity contribution in [1.29, 1.82) is 0 Å². The molecule has 1 aromatic heterocycles. The zero-order valence-electron chi connectivity index (χ0n) is 7.10. The minimum atomic E-state index is 0.457. The fraction of sp³-hybridized carbons (Fsp3) is 0. The van der Waals surface area contributed by atoms with E-state index in [2.05, 4.69) is 14.8 Å².